The lowest BCUT2D eigenvalue weighted by molar-refractivity contribution is -0.113. The summed E-state index contributed by atoms with van der Waals surface area (Å²) in [6.45, 7) is 2.54. The van der Waals surface area contributed by atoms with Gasteiger partial charge in [-0.05, 0) is 61.4 Å². The molecule has 0 bridgehead atoms. The highest BCUT2D eigenvalue weighted by Crippen LogP contribution is 2.22. The second kappa shape index (κ2) is 11.1. The number of aromatic nitrogens is 3. The van der Waals surface area contributed by atoms with Gasteiger partial charge < -0.3 is 19.4 Å². The van der Waals surface area contributed by atoms with Crippen LogP contribution in [0.5, 0.6) is 11.5 Å². The first-order valence-corrected chi connectivity index (χ1v) is 11.2. The van der Waals surface area contributed by atoms with Crippen molar-refractivity contribution in [1.82, 2.24) is 14.8 Å². The Morgan fingerprint density at radius 1 is 1.19 bits per heavy atom. The van der Waals surface area contributed by atoms with Gasteiger partial charge in [0, 0.05) is 24.2 Å². The number of carbonyl (C=O) groups is 1. The summed E-state index contributed by atoms with van der Waals surface area (Å²) in [5.74, 6) is 2.58. The van der Waals surface area contributed by atoms with Crippen molar-refractivity contribution in [3.63, 3.8) is 0 Å². The molecule has 0 unspecified atom stereocenters. The van der Waals surface area contributed by atoms with Crippen LogP contribution < -0.4 is 14.8 Å². The Hall–Kier alpha value is -2.71. The van der Waals surface area contributed by atoms with Crippen molar-refractivity contribution in [2.24, 2.45) is 7.05 Å². The first-order valence-electron chi connectivity index (χ1n) is 9.80. The van der Waals surface area contributed by atoms with E-state index in [-0.39, 0.29) is 11.7 Å². The van der Waals surface area contributed by atoms with Gasteiger partial charge in [-0.1, -0.05) is 23.4 Å². The number of nitrogens with one attached hydrogen (secondary N) is 1. The number of anilines is 1. The molecule has 0 aliphatic heterocycles. The van der Waals surface area contributed by atoms with Crippen molar-refractivity contribution < 1.29 is 14.3 Å². The molecule has 0 saturated heterocycles. The molecule has 7 nitrogen and oxygen atoms in total. The highest BCUT2D eigenvalue weighted by atomic mass is 35.5. The number of ether oxygens (including phenoxy) is 2. The summed E-state index contributed by atoms with van der Waals surface area (Å²) < 4.78 is 12.9. The van der Waals surface area contributed by atoms with Gasteiger partial charge in [0.15, 0.2) is 5.16 Å². The van der Waals surface area contributed by atoms with Crippen LogP contribution in [-0.2, 0) is 18.3 Å². The zero-order valence-corrected chi connectivity index (χ0v) is 19.3. The molecule has 31 heavy (non-hydrogen) atoms. The summed E-state index contributed by atoms with van der Waals surface area (Å²) in [7, 11) is 3.51. The summed E-state index contributed by atoms with van der Waals surface area (Å²) in [6.07, 6.45) is 1.53. The maximum atomic E-state index is 12.2. The molecular formula is C22H25ClN4O3S. The van der Waals surface area contributed by atoms with Crippen LogP contribution in [0, 0.1) is 6.92 Å². The molecule has 164 valence electrons. The fourth-order valence-corrected chi connectivity index (χ4v) is 3.83. The quantitative estimate of drug-likeness (QED) is 0.354. The van der Waals surface area contributed by atoms with E-state index in [1.165, 1.54) is 11.8 Å². The Kier molecular flexibility index (Phi) is 8.20. The van der Waals surface area contributed by atoms with E-state index >= 15 is 0 Å². The largest absolute Gasteiger partial charge is 0.497 e. The van der Waals surface area contributed by atoms with Crippen LogP contribution in [0.25, 0.3) is 0 Å². The van der Waals surface area contributed by atoms with E-state index in [2.05, 4.69) is 15.5 Å². The van der Waals surface area contributed by atoms with Crippen LogP contribution in [0.2, 0.25) is 5.02 Å². The van der Waals surface area contributed by atoms with E-state index in [9.17, 15) is 4.79 Å². The molecule has 0 saturated carbocycles. The highest BCUT2D eigenvalue weighted by Gasteiger charge is 2.12. The van der Waals surface area contributed by atoms with Crippen molar-refractivity contribution in [1.29, 1.82) is 0 Å². The van der Waals surface area contributed by atoms with Crippen LogP contribution in [0.15, 0.2) is 47.6 Å². The van der Waals surface area contributed by atoms with Gasteiger partial charge in [-0.15, -0.1) is 10.2 Å². The van der Waals surface area contributed by atoms with Gasteiger partial charge in [-0.25, -0.2) is 0 Å². The lowest BCUT2D eigenvalue weighted by Crippen LogP contribution is -2.14. The zero-order chi connectivity index (χ0) is 22.2. The fraction of sp³-hybridized carbons (Fsp3) is 0.318. The molecule has 0 fully saturated rings. The standard InChI is InChI=1S/C22H25ClN4O3S/c1-15-13-16(23)6-11-19(15)30-12-4-5-20-25-26-22(27(20)2)31-14-21(28)24-17-7-9-18(29-3)10-8-17/h6-11,13H,4-5,12,14H2,1-3H3,(H,24,28). The molecule has 1 aromatic heterocycles. The maximum Gasteiger partial charge on any atom is 0.234 e. The number of aryl methyl sites for hydroxylation is 2. The third-order valence-corrected chi connectivity index (χ3v) is 5.83. The molecule has 9 heteroatoms. The van der Waals surface area contributed by atoms with Crippen LogP contribution in [0.1, 0.15) is 17.8 Å². The predicted octanol–water partition coefficient (Wildman–Crippen LogP) is 4.53. The monoisotopic (exact) mass is 460 g/mol. The minimum Gasteiger partial charge on any atom is -0.497 e. The number of benzene rings is 2. The van der Waals surface area contributed by atoms with Gasteiger partial charge in [0.2, 0.25) is 5.91 Å². The average molecular weight is 461 g/mol. The second-order valence-electron chi connectivity index (χ2n) is 6.89. The third-order valence-electron chi connectivity index (χ3n) is 4.57. The molecule has 0 aliphatic rings. The second-order valence-corrected chi connectivity index (χ2v) is 8.26. The van der Waals surface area contributed by atoms with E-state index < -0.39 is 0 Å². The van der Waals surface area contributed by atoms with E-state index in [4.69, 9.17) is 21.1 Å². The van der Waals surface area contributed by atoms with Crippen LogP contribution in [-0.4, -0.2) is 40.1 Å². The Morgan fingerprint density at radius 2 is 1.97 bits per heavy atom. The molecule has 0 radical (unpaired) electrons. The Morgan fingerprint density at radius 3 is 2.68 bits per heavy atom. The Labute approximate surface area is 191 Å². The van der Waals surface area contributed by atoms with Crippen LogP contribution >= 0.6 is 23.4 Å². The summed E-state index contributed by atoms with van der Waals surface area (Å²) in [5.41, 5.74) is 1.73. The molecule has 0 atom stereocenters. The van der Waals surface area contributed by atoms with Crippen molar-refractivity contribution in [2.75, 3.05) is 24.8 Å². The maximum absolute atomic E-state index is 12.2. The fourth-order valence-electron chi connectivity index (χ4n) is 2.88. The van der Waals surface area contributed by atoms with Gasteiger partial charge in [0.1, 0.15) is 17.3 Å². The number of methoxy groups -OCH3 is 1. The average Bonchev–Trinajstić information content (AvgIpc) is 3.11. The van der Waals surface area contributed by atoms with E-state index in [0.29, 0.717) is 16.8 Å². The van der Waals surface area contributed by atoms with Crippen molar-refractivity contribution in [2.45, 2.75) is 24.9 Å². The predicted molar refractivity (Wildman–Crippen MR) is 123 cm³/mol. The zero-order valence-electron chi connectivity index (χ0n) is 17.7. The van der Waals surface area contributed by atoms with Gasteiger partial charge >= 0.3 is 0 Å². The molecule has 2 aromatic carbocycles. The number of rotatable bonds is 10. The Bertz CT molecular complexity index is 1020. The number of halogens is 1. The molecule has 3 aromatic rings. The van der Waals surface area contributed by atoms with Gasteiger partial charge in [0.25, 0.3) is 0 Å². The number of hydrogen-bond acceptors (Lipinski definition) is 6. The number of amides is 1. The van der Waals surface area contributed by atoms with Gasteiger partial charge in [0.05, 0.1) is 19.5 Å². The lowest BCUT2D eigenvalue weighted by atomic mass is 10.2. The molecule has 1 amide bonds. The van der Waals surface area contributed by atoms with E-state index in [0.717, 1.165) is 41.4 Å². The minimum absolute atomic E-state index is 0.105. The first-order chi connectivity index (χ1) is 15.0. The number of nitrogens with zero attached hydrogens (tertiary/aromatic N) is 3. The summed E-state index contributed by atoms with van der Waals surface area (Å²) in [4.78, 5) is 12.2. The summed E-state index contributed by atoms with van der Waals surface area (Å²) in [6, 6.07) is 12.8. The molecular weight excluding hydrogens is 436 g/mol. The smallest absolute Gasteiger partial charge is 0.234 e. The minimum atomic E-state index is -0.105. The Balaban J connectivity index is 1.43. The molecule has 0 aliphatic carbocycles. The van der Waals surface area contributed by atoms with Crippen molar-refractivity contribution in [3.05, 3.63) is 58.9 Å². The van der Waals surface area contributed by atoms with E-state index in [1.54, 1.807) is 31.4 Å². The number of thioether (sulfide) groups is 1. The van der Waals surface area contributed by atoms with Crippen molar-refractivity contribution >= 4 is 35.0 Å². The van der Waals surface area contributed by atoms with Crippen LogP contribution in [0.4, 0.5) is 5.69 Å². The first kappa shape index (κ1) is 23.0. The highest BCUT2D eigenvalue weighted by molar-refractivity contribution is 7.99. The molecule has 0 spiro atoms. The van der Waals surface area contributed by atoms with Gasteiger partial charge in [-0.2, -0.15) is 0 Å². The SMILES string of the molecule is COc1ccc(NC(=O)CSc2nnc(CCCOc3ccc(Cl)cc3C)n2C)cc1. The topological polar surface area (TPSA) is 78.3 Å². The lowest BCUT2D eigenvalue weighted by Gasteiger charge is -2.09. The third kappa shape index (κ3) is 6.63. The van der Waals surface area contributed by atoms with E-state index in [1.807, 2.05) is 36.7 Å². The molecule has 3 rings (SSSR count). The van der Waals surface area contributed by atoms with Gasteiger partial charge in [-0.3, -0.25) is 4.79 Å². The molecule has 1 N–H and O–H groups in total. The normalized spacial score (nSPS) is 10.7. The number of hydrogen-bond donors (Lipinski definition) is 1. The number of carbonyl (C=O) groups excluding carboxylic acids is 1. The van der Waals surface area contributed by atoms with Crippen molar-refractivity contribution in [3.8, 4) is 11.5 Å². The van der Waals surface area contributed by atoms with Crippen LogP contribution in [0.3, 0.4) is 0 Å². The summed E-state index contributed by atoms with van der Waals surface area (Å²) >= 11 is 7.32. The summed E-state index contributed by atoms with van der Waals surface area (Å²) in [5, 5.41) is 12.7. The molecule has 1 heterocycles.